The maximum absolute atomic E-state index is 14.0. The van der Waals surface area contributed by atoms with Gasteiger partial charge in [0, 0.05) is 5.56 Å². The number of hydrazine groups is 1. The topological polar surface area (TPSA) is 114 Å². The minimum Gasteiger partial charge on any atom is -0.489 e. The molecule has 0 radical (unpaired) electrons. The Morgan fingerprint density at radius 3 is 2.14 bits per heavy atom. The van der Waals surface area contributed by atoms with E-state index in [4.69, 9.17) is 4.74 Å². The Hall–Kier alpha value is -3.76. The van der Waals surface area contributed by atoms with E-state index >= 15 is 0 Å². The summed E-state index contributed by atoms with van der Waals surface area (Å²) in [4.78, 5) is 24.5. The third-order valence-electron chi connectivity index (χ3n) is 5.02. The summed E-state index contributed by atoms with van der Waals surface area (Å²) in [6, 6.07) is 19.5. The lowest BCUT2D eigenvalue weighted by molar-refractivity contribution is -0.124. The summed E-state index contributed by atoms with van der Waals surface area (Å²) >= 11 is 0. The van der Waals surface area contributed by atoms with E-state index in [1.807, 2.05) is 30.3 Å². The van der Waals surface area contributed by atoms with Gasteiger partial charge in [0.15, 0.2) is 0 Å². The lowest BCUT2D eigenvalue weighted by Gasteiger charge is -2.22. The number of rotatable bonds is 9. The van der Waals surface area contributed by atoms with Gasteiger partial charge < -0.3 is 4.74 Å². The molecule has 0 fully saturated rings. The van der Waals surface area contributed by atoms with Gasteiger partial charge in [0.25, 0.3) is 11.8 Å². The van der Waals surface area contributed by atoms with Crippen molar-refractivity contribution in [3.8, 4) is 5.75 Å². The Balaban J connectivity index is 1.57. The van der Waals surface area contributed by atoms with Crippen LogP contribution in [0, 0.1) is 11.7 Å². The Morgan fingerprint density at radius 2 is 1.51 bits per heavy atom. The number of hydrogen-bond donors (Lipinski definition) is 3. The van der Waals surface area contributed by atoms with Gasteiger partial charge in [0.2, 0.25) is 10.0 Å². The van der Waals surface area contributed by atoms with Crippen LogP contribution in [0.25, 0.3) is 0 Å². The Morgan fingerprint density at radius 1 is 0.886 bits per heavy atom. The summed E-state index contributed by atoms with van der Waals surface area (Å²) in [6.45, 7) is 3.55. The van der Waals surface area contributed by atoms with Crippen molar-refractivity contribution in [2.24, 2.45) is 5.92 Å². The molecule has 1 atom stereocenters. The van der Waals surface area contributed by atoms with E-state index < -0.39 is 44.5 Å². The van der Waals surface area contributed by atoms with E-state index in [9.17, 15) is 22.4 Å². The molecule has 0 aliphatic rings. The molecule has 10 heteroatoms. The molecule has 3 rings (SSSR count). The maximum atomic E-state index is 14.0. The summed E-state index contributed by atoms with van der Waals surface area (Å²) in [7, 11) is -4.31. The number of ether oxygens (including phenoxy) is 1. The summed E-state index contributed by atoms with van der Waals surface area (Å²) in [5.41, 5.74) is 5.62. The molecule has 3 aromatic carbocycles. The van der Waals surface area contributed by atoms with Crippen molar-refractivity contribution in [1.29, 1.82) is 0 Å². The number of para-hydroxylation sites is 1. The van der Waals surface area contributed by atoms with Crippen LogP contribution < -0.4 is 20.3 Å². The average Bonchev–Trinajstić information content (AvgIpc) is 2.85. The first kappa shape index (κ1) is 25.9. The smallest absolute Gasteiger partial charge is 0.269 e. The molecule has 0 aromatic heterocycles. The molecule has 3 aromatic rings. The SMILES string of the molecule is CC(C)[C@@H](NS(=O)(=O)c1ccccc1F)C(=O)NNC(=O)c1ccc(COc2ccccc2)cc1. The van der Waals surface area contributed by atoms with E-state index in [0.717, 1.165) is 23.4 Å². The van der Waals surface area contributed by atoms with Crippen LogP contribution in [0.3, 0.4) is 0 Å². The fourth-order valence-corrected chi connectivity index (χ4v) is 4.51. The number of amides is 2. The zero-order valence-electron chi connectivity index (χ0n) is 19.2. The molecule has 8 nitrogen and oxygen atoms in total. The molecule has 0 aliphatic heterocycles. The third kappa shape index (κ3) is 7.11. The van der Waals surface area contributed by atoms with Gasteiger partial charge in [-0.25, -0.2) is 12.8 Å². The molecule has 35 heavy (non-hydrogen) atoms. The number of carbonyl (C=O) groups excluding carboxylic acids is 2. The highest BCUT2D eigenvalue weighted by molar-refractivity contribution is 7.89. The van der Waals surface area contributed by atoms with Gasteiger partial charge in [-0.2, -0.15) is 4.72 Å². The van der Waals surface area contributed by atoms with Crippen molar-refractivity contribution >= 4 is 21.8 Å². The zero-order chi connectivity index (χ0) is 25.4. The van der Waals surface area contributed by atoms with Gasteiger partial charge in [-0.3, -0.25) is 20.4 Å². The second kappa shape index (κ2) is 11.6. The van der Waals surface area contributed by atoms with Crippen molar-refractivity contribution in [3.63, 3.8) is 0 Å². The highest BCUT2D eigenvalue weighted by Crippen LogP contribution is 2.16. The fraction of sp³-hybridized carbons (Fsp3) is 0.200. The van der Waals surface area contributed by atoms with Crippen LogP contribution in [0.15, 0.2) is 83.8 Å². The number of carbonyl (C=O) groups is 2. The van der Waals surface area contributed by atoms with Gasteiger partial charge in [-0.15, -0.1) is 0 Å². The second-order valence-corrected chi connectivity index (χ2v) is 9.70. The monoisotopic (exact) mass is 499 g/mol. The van der Waals surface area contributed by atoms with Gasteiger partial charge in [-0.1, -0.05) is 56.3 Å². The fourth-order valence-electron chi connectivity index (χ4n) is 3.09. The Kier molecular flexibility index (Phi) is 8.56. The molecule has 2 amide bonds. The molecule has 0 aliphatic carbocycles. The molecule has 0 bridgehead atoms. The minimum atomic E-state index is -4.31. The lowest BCUT2D eigenvalue weighted by Crippen LogP contribution is -2.54. The number of hydrogen-bond acceptors (Lipinski definition) is 5. The van der Waals surface area contributed by atoms with Crippen LogP contribution in [0.2, 0.25) is 0 Å². The number of halogens is 1. The van der Waals surface area contributed by atoms with E-state index in [0.29, 0.717) is 6.61 Å². The number of nitrogens with one attached hydrogen (secondary N) is 3. The number of benzene rings is 3. The molecule has 0 saturated heterocycles. The largest absolute Gasteiger partial charge is 0.489 e. The predicted molar refractivity (Wildman–Crippen MR) is 128 cm³/mol. The van der Waals surface area contributed by atoms with Crippen LogP contribution in [0.1, 0.15) is 29.8 Å². The highest BCUT2D eigenvalue weighted by Gasteiger charge is 2.30. The van der Waals surface area contributed by atoms with E-state index in [-0.39, 0.29) is 5.56 Å². The normalized spacial score (nSPS) is 12.1. The van der Waals surface area contributed by atoms with Crippen LogP contribution in [-0.2, 0) is 21.4 Å². The Bertz CT molecular complexity index is 1270. The van der Waals surface area contributed by atoms with Crippen LogP contribution >= 0.6 is 0 Å². The zero-order valence-corrected chi connectivity index (χ0v) is 20.0. The average molecular weight is 500 g/mol. The van der Waals surface area contributed by atoms with Crippen LogP contribution in [0.5, 0.6) is 5.75 Å². The van der Waals surface area contributed by atoms with E-state index in [2.05, 4.69) is 15.6 Å². The molecule has 0 unspecified atom stereocenters. The third-order valence-corrected chi connectivity index (χ3v) is 6.50. The maximum Gasteiger partial charge on any atom is 0.269 e. The molecule has 0 saturated carbocycles. The molecular formula is C25H26FN3O5S. The first-order valence-corrected chi connectivity index (χ1v) is 12.3. The second-order valence-electron chi connectivity index (χ2n) is 8.02. The first-order chi connectivity index (χ1) is 16.7. The van der Waals surface area contributed by atoms with Gasteiger partial charge in [0.05, 0.1) is 0 Å². The number of sulfonamides is 1. The standard InChI is InChI=1S/C25H26FN3O5S/c1-17(2)23(29-35(32,33)22-11-7-6-10-21(22)26)25(31)28-27-24(30)19-14-12-18(13-15-19)16-34-20-8-4-3-5-9-20/h3-15,17,23,29H,16H2,1-2H3,(H,27,30)(H,28,31)/t23-/m1/s1. The molecule has 3 N–H and O–H groups in total. The summed E-state index contributed by atoms with van der Waals surface area (Å²) in [5, 5.41) is 0. The molecular weight excluding hydrogens is 473 g/mol. The van der Waals surface area contributed by atoms with E-state index in [1.54, 1.807) is 38.1 Å². The quantitative estimate of drug-likeness (QED) is 0.392. The summed E-state index contributed by atoms with van der Waals surface area (Å²) in [5.74, 6) is -2.08. The van der Waals surface area contributed by atoms with Crippen molar-refractivity contribution in [1.82, 2.24) is 15.6 Å². The predicted octanol–water partition coefficient (Wildman–Crippen LogP) is 3.17. The molecule has 0 spiro atoms. The van der Waals surface area contributed by atoms with Crippen molar-refractivity contribution < 1.29 is 27.1 Å². The molecule has 184 valence electrons. The molecule has 0 heterocycles. The minimum absolute atomic E-state index is 0.279. The summed E-state index contributed by atoms with van der Waals surface area (Å²) in [6.07, 6.45) is 0. The van der Waals surface area contributed by atoms with Crippen LogP contribution in [-0.4, -0.2) is 26.3 Å². The van der Waals surface area contributed by atoms with Crippen molar-refractivity contribution in [2.75, 3.05) is 0 Å². The van der Waals surface area contributed by atoms with Gasteiger partial charge in [0.1, 0.15) is 29.1 Å². The van der Waals surface area contributed by atoms with Crippen molar-refractivity contribution in [3.05, 3.63) is 95.8 Å². The summed E-state index contributed by atoms with van der Waals surface area (Å²) < 4.78 is 47.0. The highest BCUT2D eigenvalue weighted by atomic mass is 32.2. The Labute approximate surface area is 203 Å². The lowest BCUT2D eigenvalue weighted by atomic mass is 10.1. The first-order valence-electron chi connectivity index (χ1n) is 10.8. The van der Waals surface area contributed by atoms with Gasteiger partial charge in [-0.05, 0) is 47.9 Å². The van der Waals surface area contributed by atoms with Crippen molar-refractivity contribution in [2.45, 2.75) is 31.4 Å². The van der Waals surface area contributed by atoms with Gasteiger partial charge >= 0.3 is 0 Å². The van der Waals surface area contributed by atoms with E-state index in [1.165, 1.54) is 12.1 Å². The van der Waals surface area contributed by atoms with Crippen LogP contribution in [0.4, 0.5) is 4.39 Å².